The van der Waals surface area contributed by atoms with Crippen LogP contribution >= 0.6 is 0 Å². The van der Waals surface area contributed by atoms with Gasteiger partial charge in [0.15, 0.2) is 17.4 Å². The second-order valence-electron chi connectivity index (χ2n) is 4.87. The molecule has 0 amide bonds. The molecule has 2 rings (SSSR count). The van der Waals surface area contributed by atoms with Crippen LogP contribution in [0.5, 0.6) is 0 Å². The van der Waals surface area contributed by atoms with Gasteiger partial charge in [0.25, 0.3) is 0 Å². The number of halogens is 2. The second-order valence-corrected chi connectivity index (χ2v) is 4.87. The summed E-state index contributed by atoms with van der Waals surface area (Å²) in [6.07, 6.45) is 0.564. The van der Waals surface area contributed by atoms with E-state index in [4.69, 9.17) is 4.74 Å². The first kappa shape index (κ1) is 13.1. The summed E-state index contributed by atoms with van der Waals surface area (Å²) in [6, 6.07) is 2.81. The van der Waals surface area contributed by atoms with Crippen LogP contribution in [0, 0.1) is 30.4 Å². The molecule has 2 unspecified atom stereocenters. The van der Waals surface area contributed by atoms with Crippen molar-refractivity contribution in [3.8, 4) is 0 Å². The monoisotopic (exact) mass is 254 g/mol. The Kier molecular flexibility index (Phi) is 3.76. The van der Waals surface area contributed by atoms with E-state index in [0.29, 0.717) is 19.6 Å². The van der Waals surface area contributed by atoms with Crippen LogP contribution in [0.1, 0.15) is 29.3 Å². The minimum absolute atomic E-state index is 0.0371. The van der Waals surface area contributed by atoms with E-state index in [1.165, 1.54) is 19.1 Å². The predicted octanol–water partition coefficient (Wildman–Crippen LogP) is 3.13. The summed E-state index contributed by atoms with van der Waals surface area (Å²) in [6.45, 7) is 4.36. The van der Waals surface area contributed by atoms with Gasteiger partial charge in [0.05, 0.1) is 5.56 Å². The zero-order valence-corrected chi connectivity index (χ0v) is 10.5. The number of aryl methyl sites for hydroxylation is 1. The average molecular weight is 254 g/mol. The highest BCUT2D eigenvalue weighted by atomic mass is 19.2. The lowest BCUT2D eigenvalue weighted by molar-refractivity contribution is 0.0239. The van der Waals surface area contributed by atoms with Gasteiger partial charge in [-0.25, -0.2) is 8.78 Å². The summed E-state index contributed by atoms with van der Waals surface area (Å²) in [7, 11) is 0. The smallest absolute Gasteiger partial charge is 0.169 e. The molecule has 0 aromatic heterocycles. The molecule has 2 atom stereocenters. The van der Waals surface area contributed by atoms with Gasteiger partial charge in [-0.1, -0.05) is 13.0 Å². The van der Waals surface area contributed by atoms with Crippen LogP contribution in [0.15, 0.2) is 12.1 Å². The quantitative estimate of drug-likeness (QED) is 0.758. The van der Waals surface area contributed by atoms with Gasteiger partial charge in [0.1, 0.15) is 0 Å². The van der Waals surface area contributed by atoms with E-state index in [2.05, 4.69) is 0 Å². The third-order valence-electron chi connectivity index (χ3n) is 3.52. The molecule has 0 spiro atoms. The van der Waals surface area contributed by atoms with Crippen LogP contribution in [-0.4, -0.2) is 19.0 Å². The van der Waals surface area contributed by atoms with Gasteiger partial charge < -0.3 is 4.74 Å². The van der Waals surface area contributed by atoms with Crippen molar-refractivity contribution in [1.82, 2.24) is 0 Å². The fourth-order valence-corrected chi connectivity index (χ4v) is 2.31. The number of ketones is 1. The van der Waals surface area contributed by atoms with Crippen LogP contribution in [0.3, 0.4) is 0 Å². The Morgan fingerprint density at radius 2 is 2.06 bits per heavy atom. The van der Waals surface area contributed by atoms with Gasteiger partial charge in [0, 0.05) is 19.1 Å². The van der Waals surface area contributed by atoms with Crippen molar-refractivity contribution in [2.75, 3.05) is 13.2 Å². The molecule has 0 bridgehead atoms. The van der Waals surface area contributed by atoms with Gasteiger partial charge in [-0.3, -0.25) is 4.79 Å². The zero-order chi connectivity index (χ0) is 13.3. The molecule has 0 N–H and O–H groups in total. The summed E-state index contributed by atoms with van der Waals surface area (Å²) in [5, 5.41) is 0. The lowest BCUT2D eigenvalue weighted by Gasteiger charge is -2.27. The Hall–Kier alpha value is -1.29. The van der Waals surface area contributed by atoms with Gasteiger partial charge in [-0.2, -0.15) is 0 Å². The standard InChI is InChI=1S/C14H16F2O2/c1-8-3-4-11(13(16)12(8)15)14(17)10-5-6-18-7-9(10)2/h3-4,9-10H,5-7H2,1-2H3. The normalized spacial score (nSPS) is 24.0. The lowest BCUT2D eigenvalue weighted by Crippen LogP contribution is -2.32. The summed E-state index contributed by atoms with van der Waals surface area (Å²) in [4.78, 5) is 12.2. The van der Waals surface area contributed by atoms with E-state index < -0.39 is 11.6 Å². The van der Waals surface area contributed by atoms with Gasteiger partial charge >= 0.3 is 0 Å². The first-order valence-electron chi connectivity index (χ1n) is 6.09. The number of benzene rings is 1. The maximum atomic E-state index is 13.8. The molecule has 18 heavy (non-hydrogen) atoms. The molecule has 0 saturated carbocycles. The summed E-state index contributed by atoms with van der Waals surface area (Å²) < 4.78 is 32.5. The molecule has 1 aromatic carbocycles. The zero-order valence-electron chi connectivity index (χ0n) is 10.5. The molecule has 0 aliphatic carbocycles. The molecule has 1 aromatic rings. The van der Waals surface area contributed by atoms with E-state index in [0.717, 1.165) is 0 Å². The highest BCUT2D eigenvalue weighted by molar-refractivity contribution is 5.98. The molecule has 2 nitrogen and oxygen atoms in total. The average Bonchev–Trinajstić information content (AvgIpc) is 2.36. The van der Waals surface area contributed by atoms with Crippen LogP contribution < -0.4 is 0 Å². The largest absolute Gasteiger partial charge is 0.381 e. The number of carbonyl (C=O) groups is 1. The molecule has 1 aliphatic rings. The molecule has 4 heteroatoms. The minimum atomic E-state index is -1.03. The molecule has 98 valence electrons. The first-order valence-corrected chi connectivity index (χ1v) is 6.09. The second kappa shape index (κ2) is 5.14. The maximum absolute atomic E-state index is 13.8. The van der Waals surface area contributed by atoms with Crippen molar-refractivity contribution in [1.29, 1.82) is 0 Å². The summed E-state index contributed by atoms with van der Waals surface area (Å²) >= 11 is 0. The van der Waals surface area contributed by atoms with E-state index in [9.17, 15) is 13.6 Å². The van der Waals surface area contributed by atoms with Crippen LogP contribution in [0.4, 0.5) is 8.78 Å². The molecule has 0 radical (unpaired) electrons. The highest BCUT2D eigenvalue weighted by Crippen LogP contribution is 2.27. The molecular weight excluding hydrogens is 238 g/mol. The number of rotatable bonds is 2. The third kappa shape index (κ3) is 2.29. The Morgan fingerprint density at radius 1 is 1.33 bits per heavy atom. The topological polar surface area (TPSA) is 26.3 Å². The number of hydrogen-bond donors (Lipinski definition) is 0. The fourth-order valence-electron chi connectivity index (χ4n) is 2.31. The molecule has 1 heterocycles. The Bertz CT molecular complexity index is 471. The van der Waals surface area contributed by atoms with Gasteiger partial charge in [-0.15, -0.1) is 0 Å². The third-order valence-corrected chi connectivity index (χ3v) is 3.52. The van der Waals surface area contributed by atoms with Crippen LogP contribution in [-0.2, 0) is 4.74 Å². The van der Waals surface area contributed by atoms with Crippen molar-refractivity contribution in [2.24, 2.45) is 11.8 Å². The van der Waals surface area contributed by atoms with E-state index in [1.807, 2.05) is 6.92 Å². The van der Waals surface area contributed by atoms with Crippen LogP contribution in [0.25, 0.3) is 0 Å². The van der Waals surface area contributed by atoms with Crippen molar-refractivity contribution in [3.63, 3.8) is 0 Å². The highest BCUT2D eigenvalue weighted by Gasteiger charge is 2.31. The number of hydrogen-bond acceptors (Lipinski definition) is 2. The molecule has 1 aliphatic heterocycles. The molecule has 1 fully saturated rings. The number of Topliss-reactive ketones (excluding diaryl/α,β-unsaturated/α-hetero) is 1. The maximum Gasteiger partial charge on any atom is 0.169 e. The minimum Gasteiger partial charge on any atom is -0.381 e. The SMILES string of the molecule is Cc1ccc(C(=O)C2CCOCC2C)c(F)c1F. The van der Waals surface area contributed by atoms with E-state index in [1.54, 1.807) is 0 Å². The van der Waals surface area contributed by atoms with Gasteiger partial charge in [0.2, 0.25) is 0 Å². The van der Waals surface area contributed by atoms with Gasteiger partial charge in [-0.05, 0) is 30.9 Å². The van der Waals surface area contributed by atoms with Crippen molar-refractivity contribution >= 4 is 5.78 Å². The molecule has 1 saturated heterocycles. The fraction of sp³-hybridized carbons (Fsp3) is 0.500. The number of carbonyl (C=O) groups excluding carboxylic acids is 1. The lowest BCUT2D eigenvalue weighted by atomic mass is 9.83. The summed E-state index contributed by atoms with van der Waals surface area (Å²) in [5.41, 5.74) is 0.0703. The van der Waals surface area contributed by atoms with Crippen molar-refractivity contribution < 1.29 is 18.3 Å². The van der Waals surface area contributed by atoms with E-state index in [-0.39, 0.29) is 28.7 Å². The van der Waals surface area contributed by atoms with E-state index >= 15 is 0 Å². The Morgan fingerprint density at radius 3 is 2.72 bits per heavy atom. The Labute approximate surface area is 105 Å². The van der Waals surface area contributed by atoms with Crippen molar-refractivity contribution in [2.45, 2.75) is 20.3 Å². The number of ether oxygens (including phenoxy) is 1. The summed E-state index contributed by atoms with van der Waals surface area (Å²) in [5.74, 6) is -2.52. The molecular formula is C14H16F2O2. The van der Waals surface area contributed by atoms with Crippen molar-refractivity contribution in [3.05, 3.63) is 34.9 Å². The first-order chi connectivity index (χ1) is 8.52. The van der Waals surface area contributed by atoms with Crippen LogP contribution in [0.2, 0.25) is 0 Å². The Balaban J connectivity index is 2.31. The predicted molar refractivity (Wildman–Crippen MR) is 63.5 cm³/mol.